The third-order valence-electron chi connectivity index (χ3n) is 1.71. The highest BCUT2D eigenvalue weighted by Gasteiger charge is 2.15. The molecule has 0 aliphatic carbocycles. The van der Waals surface area contributed by atoms with E-state index in [0.717, 1.165) is 6.07 Å². The molecule has 0 aliphatic heterocycles. The molecule has 0 unspecified atom stereocenters. The number of carbonyl (C=O) groups excluding carboxylic acids is 1. The molecular weight excluding hydrogens is 248 g/mol. The maximum atomic E-state index is 11.0. The van der Waals surface area contributed by atoms with E-state index in [9.17, 15) is 13.2 Å². The molecule has 1 amide bonds. The van der Waals surface area contributed by atoms with Crippen LogP contribution in [0.25, 0.3) is 10.4 Å². The Morgan fingerprint density at radius 2 is 2.18 bits per heavy atom. The van der Waals surface area contributed by atoms with Gasteiger partial charge >= 0.3 is 0 Å². The van der Waals surface area contributed by atoms with E-state index in [1.807, 2.05) is 0 Å². The average Bonchev–Trinajstić information content (AvgIpc) is 2.18. The predicted octanol–water partition coefficient (Wildman–Crippen LogP) is 1.83. The maximum absolute atomic E-state index is 11.0. The normalized spacial score (nSPS) is 10.5. The molecule has 17 heavy (non-hydrogen) atoms. The second-order valence-corrected chi connectivity index (χ2v) is 4.42. The zero-order chi connectivity index (χ0) is 13.1. The van der Waals surface area contributed by atoms with Crippen LogP contribution in [0, 0.1) is 0 Å². The topological polar surface area (TPSA) is 132 Å². The molecule has 0 fully saturated rings. The van der Waals surface area contributed by atoms with Crippen LogP contribution in [0.3, 0.4) is 0 Å². The third kappa shape index (κ3) is 3.45. The number of azide groups is 1. The Kier molecular flexibility index (Phi) is 3.69. The van der Waals surface area contributed by atoms with E-state index in [0.29, 0.717) is 0 Å². The van der Waals surface area contributed by atoms with E-state index in [1.165, 1.54) is 19.1 Å². The molecule has 1 aromatic carbocycles. The number of hydrogen-bond donors (Lipinski definition) is 2. The van der Waals surface area contributed by atoms with Crippen molar-refractivity contribution in [3.8, 4) is 0 Å². The molecule has 0 bridgehead atoms. The molecule has 2 N–H and O–H groups in total. The van der Waals surface area contributed by atoms with Crippen molar-refractivity contribution < 1.29 is 17.8 Å². The maximum Gasteiger partial charge on any atom is 0.295 e. The van der Waals surface area contributed by atoms with E-state index in [-0.39, 0.29) is 11.4 Å². The zero-order valence-electron chi connectivity index (χ0n) is 8.65. The van der Waals surface area contributed by atoms with Gasteiger partial charge in [-0.2, -0.15) is 8.42 Å². The van der Waals surface area contributed by atoms with Gasteiger partial charge in [0.1, 0.15) is 4.90 Å². The van der Waals surface area contributed by atoms with Crippen LogP contribution >= 0.6 is 0 Å². The first kappa shape index (κ1) is 13.0. The average molecular weight is 256 g/mol. The summed E-state index contributed by atoms with van der Waals surface area (Å²) in [6.07, 6.45) is 0. The van der Waals surface area contributed by atoms with Crippen LogP contribution < -0.4 is 5.32 Å². The highest BCUT2D eigenvalue weighted by molar-refractivity contribution is 7.86. The smallest absolute Gasteiger partial charge is 0.295 e. The van der Waals surface area contributed by atoms with Gasteiger partial charge in [0, 0.05) is 17.5 Å². The van der Waals surface area contributed by atoms with Crippen molar-refractivity contribution in [2.75, 3.05) is 5.32 Å². The summed E-state index contributed by atoms with van der Waals surface area (Å²) in [7, 11) is -4.53. The van der Waals surface area contributed by atoms with Crippen LogP contribution in [0.2, 0.25) is 0 Å². The quantitative estimate of drug-likeness (QED) is 0.369. The Hall–Kier alpha value is -2.09. The second kappa shape index (κ2) is 4.83. The standard InChI is InChI=1S/C8H8N4O4S/c1-5(13)10-6-2-3-7(11-12-9)8(4-6)17(14,15)16/h2-4H,1H3,(H,10,13)(H,14,15,16). The Balaban J connectivity index is 3.39. The number of carbonyl (C=O) groups is 1. The van der Waals surface area contributed by atoms with Crippen LogP contribution in [-0.2, 0) is 14.9 Å². The van der Waals surface area contributed by atoms with Gasteiger partial charge in [0.25, 0.3) is 10.1 Å². The molecule has 0 radical (unpaired) electrons. The highest BCUT2D eigenvalue weighted by Crippen LogP contribution is 2.27. The number of hydrogen-bond acceptors (Lipinski definition) is 4. The van der Waals surface area contributed by atoms with Gasteiger partial charge in [0.2, 0.25) is 5.91 Å². The molecule has 0 aliphatic rings. The summed E-state index contributed by atoms with van der Waals surface area (Å²) < 4.78 is 31.0. The van der Waals surface area contributed by atoms with Crippen LogP contribution in [0.4, 0.5) is 11.4 Å². The fourth-order valence-electron chi connectivity index (χ4n) is 1.13. The number of rotatable bonds is 3. The minimum atomic E-state index is -4.53. The molecule has 1 rings (SSSR count). The summed E-state index contributed by atoms with van der Waals surface area (Å²) in [4.78, 5) is 12.6. The molecule has 0 saturated carbocycles. The third-order valence-corrected chi connectivity index (χ3v) is 2.59. The van der Waals surface area contributed by atoms with Crippen molar-refractivity contribution >= 4 is 27.4 Å². The van der Waals surface area contributed by atoms with Crippen molar-refractivity contribution in [2.24, 2.45) is 5.11 Å². The highest BCUT2D eigenvalue weighted by atomic mass is 32.2. The Morgan fingerprint density at radius 3 is 2.65 bits per heavy atom. The number of amides is 1. The van der Waals surface area contributed by atoms with E-state index in [4.69, 9.17) is 10.1 Å². The van der Waals surface area contributed by atoms with Crippen LogP contribution in [-0.4, -0.2) is 18.9 Å². The first-order chi connectivity index (χ1) is 7.84. The lowest BCUT2D eigenvalue weighted by Gasteiger charge is -2.06. The summed E-state index contributed by atoms with van der Waals surface area (Å²) in [5.74, 6) is -0.400. The summed E-state index contributed by atoms with van der Waals surface area (Å²) in [5.41, 5.74) is 8.16. The molecule has 0 spiro atoms. The van der Waals surface area contributed by atoms with Crippen molar-refractivity contribution in [1.82, 2.24) is 0 Å². The van der Waals surface area contributed by atoms with Crippen molar-refractivity contribution in [2.45, 2.75) is 11.8 Å². The molecule has 0 atom stereocenters. The van der Waals surface area contributed by atoms with Gasteiger partial charge in [-0.3, -0.25) is 9.35 Å². The summed E-state index contributed by atoms with van der Waals surface area (Å²) in [5, 5.41) is 5.46. The van der Waals surface area contributed by atoms with E-state index in [1.54, 1.807) is 0 Å². The van der Waals surface area contributed by atoms with Crippen molar-refractivity contribution in [1.29, 1.82) is 0 Å². The van der Waals surface area contributed by atoms with E-state index >= 15 is 0 Å². The molecule has 0 heterocycles. The Bertz CT molecular complexity index is 604. The lowest BCUT2D eigenvalue weighted by Crippen LogP contribution is -2.07. The summed E-state index contributed by atoms with van der Waals surface area (Å²) in [6.45, 7) is 1.24. The van der Waals surface area contributed by atoms with Gasteiger partial charge in [0.15, 0.2) is 0 Å². The Morgan fingerprint density at radius 1 is 1.53 bits per heavy atom. The predicted molar refractivity (Wildman–Crippen MR) is 59.4 cm³/mol. The molecule has 9 heteroatoms. The molecule has 1 aromatic rings. The SMILES string of the molecule is CC(=O)Nc1ccc(N=[N+]=[N-])c(S(=O)(=O)O)c1. The molecular formula is C8H8N4O4S. The lowest BCUT2D eigenvalue weighted by atomic mass is 10.3. The number of benzene rings is 1. The van der Waals surface area contributed by atoms with Gasteiger partial charge in [0.05, 0.1) is 5.69 Å². The number of nitrogens with zero attached hydrogens (tertiary/aromatic N) is 3. The fraction of sp³-hybridized carbons (Fsp3) is 0.125. The first-order valence-electron chi connectivity index (χ1n) is 4.29. The van der Waals surface area contributed by atoms with Gasteiger partial charge in [-0.1, -0.05) is 5.11 Å². The second-order valence-electron chi connectivity index (χ2n) is 3.03. The summed E-state index contributed by atoms with van der Waals surface area (Å²) >= 11 is 0. The monoisotopic (exact) mass is 256 g/mol. The lowest BCUT2D eigenvalue weighted by molar-refractivity contribution is -0.114. The number of nitrogens with one attached hydrogen (secondary N) is 1. The number of anilines is 1. The van der Waals surface area contributed by atoms with Gasteiger partial charge in [-0.25, -0.2) is 0 Å². The minimum Gasteiger partial charge on any atom is -0.326 e. The van der Waals surface area contributed by atoms with Crippen molar-refractivity contribution in [3.63, 3.8) is 0 Å². The first-order valence-corrected chi connectivity index (χ1v) is 5.73. The van der Waals surface area contributed by atoms with E-state index in [2.05, 4.69) is 15.3 Å². The molecule has 0 aromatic heterocycles. The van der Waals surface area contributed by atoms with Crippen LogP contribution in [0.15, 0.2) is 28.2 Å². The largest absolute Gasteiger partial charge is 0.326 e. The minimum absolute atomic E-state index is 0.169. The zero-order valence-corrected chi connectivity index (χ0v) is 9.47. The van der Waals surface area contributed by atoms with Crippen LogP contribution in [0.5, 0.6) is 0 Å². The van der Waals surface area contributed by atoms with Gasteiger partial charge in [-0.15, -0.1) is 0 Å². The fourth-order valence-corrected chi connectivity index (χ4v) is 1.78. The van der Waals surface area contributed by atoms with Crippen LogP contribution in [0.1, 0.15) is 6.92 Å². The van der Waals surface area contributed by atoms with Gasteiger partial charge < -0.3 is 5.32 Å². The molecule has 90 valence electrons. The summed E-state index contributed by atoms with van der Waals surface area (Å²) in [6, 6.07) is 3.52. The van der Waals surface area contributed by atoms with Gasteiger partial charge in [-0.05, 0) is 23.7 Å². The molecule has 8 nitrogen and oxygen atoms in total. The Labute approximate surface area is 96.6 Å². The van der Waals surface area contributed by atoms with E-state index < -0.39 is 20.9 Å². The van der Waals surface area contributed by atoms with Crippen molar-refractivity contribution in [3.05, 3.63) is 28.6 Å². The molecule has 0 saturated heterocycles.